The van der Waals surface area contributed by atoms with Gasteiger partial charge in [0.15, 0.2) is 5.69 Å². The maximum absolute atomic E-state index is 12.1. The summed E-state index contributed by atoms with van der Waals surface area (Å²) in [6, 6.07) is 9.54. The van der Waals surface area contributed by atoms with Gasteiger partial charge in [-0.25, -0.2) is 9.82 Å². The Kier molecular flexibility index (Phi) is 4.15. The van der Waals surface area contributed by atoms with Crippen LogP contribution in [-0.2, 0) is 27.6 Å². The summed E-state index contributed by atoms with van der Waals surface area (Å²) in [5.41, 5.74) is 5.53. The quantitative estimate of drug-likeness (QED) is 0.870. The first-order valence-electron chi connectivity index (χ1n) is 7.01. The lowest BCUT2D eigenvalue weighted by Gasteiger charge is -2.20. The van der Waals surface area contributed by atoms with E-state index in [4.69, 9.17) is 9.57 Å². The van der Waals surface area contributed by atoms with Crippen LogP contribution < -0.4 is 10.4 Å². The van der Waals surface area contributed by atoms with Crippen LogP contribution in [0.1, 0.15) is 18.1 Å². The summed E-state index contributed by atoms with van der Waals surface area (Å²) >= 11 is 0. The number of hydrogen-bond donors (Lipinski definition) is 1. The molecule has 1 aromatic heterocycles. The first-order chi connectivity index (χ1) is 10.7. The Morgan fingerprint density at radius 1 is 1.27 bits per heavy atom. The summed E-state index contributed by atoms with van der Waals surface area (Å²) in [6.45, 7) is 2.74. The van der Waals surface area contributed by atoms with Crippen molar-refractivity contribution in [3.63, 3.8) is 0 Å². The van der Waals surface area contributed by atoms with Crippen molar-refractivity contribution in [2.24, 2.45) is 0 Å². The van der Waals surface area contributed by atoms with E-state index in [1.165, 1.54) is 12.5 Å². The van der Waals surface area contributed by atoms with Crippen LogP contribution >= 0.6 is 0 Å². The second kappa shape index (κ2) is 6.23. The monoisotopic (exact) mass is 300 g/mol. The van der Waals surface area contributed by atoms with Crippen LogP contribution in [-0.4, -0.2) is 18.0 Å². The van der Waals surface area contributed by atoms with Crippen molar-refractivity contribution in [1.82, 2.24) is 4.98 Å². The molecule has 0 atom stereocenters. The van der Waals surface area contributed by atoms with Crippen molar-refractivity contribution < 1.29 is 19.8 Å². The van der Waals surface area contributed by atoms with Gasteiger partial charge >= 0.3 is 0 Å². The number of amides is 1. The molecule has 0 radical (unpaired) electrons. The number of carbonyl (C=O) groups is 1. The average molecular weight is 300 g/mol. The summed E-state index contributed by atoms with van der Waals surface area (Å²) < 4.78 is 5.43. The zero-order chi connectivity index (χ0) is 15.5. The van der Waals surface area contributed by atoms with Crippen molar-refractivity contribution in [1.29, 1.82) is 0 Å². The fourth-order valence-corrected chi connectivity index (χ4v) is 2.54. The molecule has 0 fully saturated rings. The molecular formula is C16H18N3O3+. The number of nitrogens with two attached hydrogens (primary N) is 1. The standard InChI is InChI=1S/C16H17N3O3/c1-11(20)19(16-8-14(18-21-2)5-6-17-16)15-4-3-12-9-22-10-13(12)7-15/h3-8H,9-10H2,1-2H3,(H,17,18)/p+1. The normalized spacial score (nSPS) is 13.0. The number of hydrogen-bond acceptors (Lipinski definition) is 4. The number of fused-ring (bicyclic) bond motifs is 1. The van der Waals surface area contributed by atoms with Gasteiger partial charge in [0, 0.05) is 25.3 Å². The van der Waals surface area contributed by atoms with Gasteiger partial charge in [-0.15, -0.1) is 0 Å². The summed E-state index contributed by atoms with van der Waals surface area (Å²) in [7, 11) is 1.59. The number of ether oxygens (including phenoxy) is 1. The van der Waals surface area contributed by atoms with Gasteiger partial charge in [0.25, 0.3) is 0 Å². The molecule has 1 aliphatic heterocycles. The van der Waals surface area contributed by atoms with Crippen LogP contribution in [0, 0.1) is 0 Å². The Morgan fingerprint density at radius 2 is 2.09 bits per heavy atom. The van der Waals surface area contributed by atoms with Crippen LogP contribution in [0.15, 0.2) is 36.5 Å². The van der Waals surface area contributed by atoms with E-state index in [-0.39, 0.29) is 5.91 Å². The maximum Gasteiger partial charge on any atom is 0.229 e. The number of quaternary nitrogens is 1. The molecular weight excluding hydrogens is 282 g/mol. The van der Waals surface area contributed by atoms with Crippen LogP contribution in [0.3, 0.4) is 0 Å². The van der Waals surface area contributed by atoms with Gasteiger partial charge in [-0.1, -0.05) is 6.07 Å². The Bertz CT molecular complexity index is 703. The summed E-state index contributed by atoms with van der Waals surface area (Å²) in [5, 5.41) is 0. The molecule has 1 aliphatic rings. The first-order valence-corrected chi connectivity index (χ1v) is 7.01. The van der Waals surface area contributed by atoms with Crippen LogP contribution in [0.5, 0.6) is 0 Å². The Hall–Kier alpha value is -2.28. The zero-order valence-electron chi connectivity index (χ0n) is 12.6. The van der Waals surface area contributed by atoms with Gasteiger partial charge < -0.3 is 4.74 Å². The second-order valence-electron chi connectivity index (χ2n) is 5.10. The van der Waals surface area contributed by atoms with E-state index in [0.717, 1.165) is 16.9 Å². The molecule has 1 amide bonds. The van der Waals surface area contributed by atoms with E-state index in [1.807, 2.05) is 30.3 Å². The van der Waals surface area contributed by atoms with E-state index in [2.05, 4.69) is 4.98 Å². The summed E-state index contributed by atoms with van der Waals surface area (Å²) in [4.78, 5) is 23.0. The lowest BCUT2D eigenvalue weighted by atomic mass is 10.1. The molecule has 1 aromatic carbocycles. The van der Waals surface area contributed by atoms with Gasteiger partial charge in [-0.3, -0.25) is 9.69 Å². The second-order valence-corrected chi connectivity index (χ2v) is 5.10. The molecule has 0 saturated carbocycles. The molecule has 0 saturated heterocycles. The first kappa shape index (κ1) is 14.6. The molecule has 2 N–H and O–H groups in total. The molecule has 6 nitrogen and oxygen atoms in total. The van der Waals surface area contributed by atoms with Crippen LogP contribution in [0.25, 0.3) is 0 Å². The molecule has 2 heterocycles. The molecule has 22 heavy (non-hydrogen) atoms. The van der Waals surface area contributed by atoms with E-state index >= 15 is 0 Å². The van der Waals surface area contributed by atoms with Crippen molar-refractivity contribution in [2.45, 2.75) is 20.1 Å². The topological polar surface area (TPSA) is 68.3 Å². The minimum atomic E-state index is -0.0964. The van der Waals surface area contributed by atoms with Crippen molar-refractivity contribution in [3.8, 4) is 0 Å². The van der Waals surface area contributed by atoms with Gasteiger partial charge in [-0.2, -0.15) is 5.48 Å². The van der Waals surface area contributed by atoms with Crippen molar-refractivity contribution >= 4 is 23.1 Å². The molecule has 0 spiro atoms. The highest BCUT2D eigenvalue weighted by atomic mass is 16.6. The van der Waals surface area contributed by atoms with Gasteiger partial charge in [-0.05, 0) is 23.3 Å². The zero-order valence-corrected chi connectivity index (χ0v) is 12.6. The molecule has 2 aromatic rings. The average Bonchev–Trinajstić information content (AvgIpc) is 2.95. The summed E-state index contributed by atoms with van der Waals surface area (Å²) in [5.74, 6) is 0.470. The SMILES string of the molecule is CO[NH2+]c1ccnc(N(C(C)=O)c2ccc3c(c2)COC3)c1. The number of pyridine rings is 1. The molecule has 114 valence electrons. The fraction of sp³-hybridized carbons (Fsp3) is 0.250. The van der Waals surface area contributed by atoms with Gasteiger partial charge in [0.1, 0.15) is 5.82 Å². The Labute approximate surface area is 128 Å². The smallest absolute Gasteiger partial charge is 0.229 e. The highest BCUT2D eigenvalue weighted by Gasteiger charge is 2.19. The molecule has 0 aliphatic carbocycles. The Morgan fingerprint density at radius 3 is 2.86 bits per heavy atom. The molecule has 0 bridgehead atoms. The van der Waals surface area contributed by atoms with E-state index in [1.54, 1.807) is 23.7 Å². The minimum absolute atomic E-state index is 0.0964. The van der Waals surface area contributed by atoms with Gasteiger partial charge in [0.2, 0.25) is 5.91 Å². The lowest BCUT2D eigenvalue weighted by molar-refractivity contribution is -0.830. The van der Waals surface area contributed by atoms with Crippen molar-refractivity contribution in [3.05, 3.63) is 47.7 Å². The van der Waals surface area contributed by atoms with Gasteiger partial charge in [0.05, 0.1) is 26.0 Å². The predicted octanol–water partition coefficient (Wildman–Crippen LogP) is 1.55. The minimum Gasteiger partial charge on any atom is -0.372 e. The number of benzene rings is 1. The molecule has 3 rings (SSSR count). The number of nitrogens with zero attached hydrogens (tertiary/aromatic N) is 2. The number of carbonyl (C=O) groups excluding carboxylic acids is 1. The van der Waals surface area contributed by atoms with Crippen molar-refractivity contribution in [2.75, 3.05) is 12.0 Å². The lowest BCUT2D eigenvalue weighted by Crippen LogP contribution is -2.75. The summed E-state index contributed by atoms with van der Waals surface area (Å²) in [6.07, 6.45) is 1.66. The van der Waals surface area contributed by atoms with Crippen LogP contribution in [0.4, 0.5) is 17.2 Å². The third kappa shape index (κ3) is 2.85. The molecule has 6 heteroatoms. The predicted molar refractivity (Wildman–Crippen MR) is 80.6 cm³/mol. The highest BCUT2D eigenvalue weighted by Crippen LogP contribution is 2.29. The van der Waals surface area contributed by atoms with E-state index < -0.39 is 0 Å². The largest absolute Gasteiger partial charge is 0.372 e. The Balaban J connectivity index is 1.99. The van der Waals surface area contributed by atoms with E-state index in [0.29, 0.717) is 19.0 Å². The van der Waals surface area contributed by atoms with E-state index in [9.17, 15) is 4.79 Å². The number of rotatable bonds is 4. The fourth-order valence-electron chi connectivity index (χ4n) is 2.54. The highest BCUT2D eigenvalue weighted by molar-refractivity contribution is 5.98. The van der Waals surface area contributed by atoms with Crippen LogP contribution in [0.2, 0.25) is 0 Å². The third-order valence-electron chi connectivity index (χ3n) is 3.53. The molecule has 0 unspecified atom stereocenters. The number of anilines is 2. The number of aromatic nitrogens is 1. The maximum atomic E-state index is 12.1. The third-order valence-corrected chi connectivity index (χ3v) is 3.53.